The van der Waals surface area contributed by atoms with Gasteiger partial charge in [0.05, 0.1) is 24.2 Å². The number of hydrogen-bond acceptors (Lipinski definition) is 6. The quantitative estimate of drug-likeness (QED) is 0.389. The lowest BCUT2D eigenvalue weighted by molar-refractivity contribution is -0.387. The van der Waals surface area contributed by atoms with E-state index >= 15 is 0 Å². The topological polar surface area (TPSA) is 102 Å². The summed E-state index contributed by atoms with van der Waals surface area (Å²) in [5.41, 5.74) is 0.354. The molecule has 2 aromatic rings. The van der Waals surface area contributed by atoms with Crippen LogP contribution in [0.3, 0.4) is 0 Å². The number of fused-ring (bicyclic) bond motifs is 1. The summed E-state index contributed by atoms with van der Waals surface area (Å²) >= 11 is 0. The molecule has 0 bridgehead atoms. The predicted octanol–water partition coefficient (Wildman–Crippen LogP) is 3.11. The highest BCUT2D eigenvalue weighted by molar-refractivity contribution is 7.89. The molecule has 1 heterocycles. The first kappa shape index (κ1) is 19.8. The summed E-state index contributed by atoms with van der Waals surface area (Å²) in [6, 6.07) is 12.3. The lowest BCUT2D eigenvalue weighted by Crippen LogP contribution is -2.45. The second kappa shape index (κ2) is 7.74. The van der Waals surface area contributed by atoms with Crippen LogP contribution in [-0.4, -0.2) is 43.0 Å². The molecular formula is C20H22N2O6S. The molecule has 2 fully saturated rings. The fourth-order valence-corrected chi connectivity index (χ4v) is 5.78. The van der Waals surface area contributed by atoms with Gasteiger partial charge in [-0.2, -0.15) is 4.31 Å². The van der Waals surface area contributed by atoms with E-state index in [2.05, 4.69) is 0 Å². The van der Waals surface area contributed by atoms with Crippen molar-refractivity contribution in [2.75, 3.05) is 7.11 Å². The number of epoxide rings is 1. The molecule has 0 radical (unpaired) electrons. The van der Waals surface area contributed by atoms with Crippen molar-refractivity contribution in [3.05, 3.63) is 64.2 Å². The van der Waals surface area contributed by atoms with Crippen LogP contribution in [0.5, 0.6) is 5.75 Å². The Hall–Kier alpha value is -2.49. The summed E-state index contributed by atoms with van der Waals surface area (Å²) in [4.78, 5) is 10.5. The molecule has 0 N–H and O–H groups in total. The van der Waals surface area contributed by atoms with Gasteiger partial charge in [-0.15, -0.1) is 0 Å². The summed E-state index contributed by atoms with van der Waals surface area (Å²) in [6.45, 7) is 0.107. The van der Waals surface area contributed by atoms with Gasteiger partial charge in [-0.25, -0.2) is 8.42 Å². The van der Waals surface area contributed by atoms with Crippen molar-refractivity contribution < 1.29 is 22.8 Å². The van der Waals surface area contributed by atoms with E-state index in [-0.39, 0.29) is 29.7 Å². The van der Waals surface area contributed by atoms with Gasteiger partial charge in [0.25, 0.3) is 15.7 Å². The number of nitro groups is 1. The van der Waals surface area contributed by atoms with Crippen molar-refractivity contribution in [3.8, 4) is 5.75 Å². The highest BCUT2D eigenvalue weighted by Crippen LogP contribution is 2.42. The van der Waals surface area contributed by atoms with Crippen LogP contribution in [0.15, 0.2) is 53.4 Å². The molecule has 4 rings (SSSR count). The highest BCUT2D eigenvalue weighted by Gasteiger charge is 2.52. The zero-order valence-electron chi connectivity index (χ0n) is 15.9. The molecule has 0 unspecified atom stereocenters. The smallest absolute Gasteiger partial charge is 0.289 e. The third kappa shape index (κ3) is 3.85. The van der Waals surface area contributed by atoms with Crippen LogP contribution in [0.1, 0.15) is 24.8 Å². The average Bonchev–Trinajstić information content (AvgIpc) is 3.52. The van der Waals surface area contributed by atoms with Crippen molar-refractivity contribution in [1.82, 2.24) is 4.31 Å². The van der Waals surface area contributed by atoms with E-state index < -0.39 is 20.6 Å². The zero-order chi connectivity index (χ0) is 20.6. The number of nitro benzene ring substituents is 1. The van der Waals surface area contributed by atoms with E-state index in [9.17, 15) is 18.5 Å². The first-order valence-electron chi connectivity index (χ1n) is 9.45. The van der Waals surface area contributed by atoms with Gasteiger partial charge in [0, 0.05) is 12.6 Å². The van der Waals surface area contributed by atoms with Crippen molar-refractivity contribution in [1.29, 1.82) is 0 Å². The second-order valence-corrected chi connectivity index (χ2v) is 9.12. The van der Waals surface area contributed by atoms with Crippen LogP contribution in [0.4, 0.5) is 5.69 Å². The van der Waals surface area contributed by atoms with E-state index in [4.69, 9.17) is 9.47 Å². The Morgan fingerprint density at radius 1 is 1.17 bits per heavy atom. The Morgan fingerprint density at radius 3 is 2.59 bits per heavy atom. The predicted molar refractivity (Wildman–Crippen MR) is 105 cm³/mol. The monoisotopic (exact) mass is 418 g/mol. The maximum atomic E-state index is 13.6. The van der Waals surface area contributed by atoms with E-state index in [1.165, 1.54) is 28.6 Å². The Labute approximate surface area is 169 Å². The molecule has 29 heavy (non-hydrogen) atoms. The van der Waals surface area contributed by atoms with Gasteiger partial charge < -0.3 is 9.47 Å². The van der Waals surface area contributed by atoms with Crippen molar-refractivity contribution in [2.24, 2.45) is 0 Å². The van der Waals surface area contributed by atoms with Gasteiger partial charge >= 0.3 is 0 Å². The molecule has 0 amide bonds. The van der Waals surface area contributed by atoms with Crippen LogP contribution in [0, 0.1) is 10.1 Å². The molecule has 8 nitrogen and oxygen atoms in total. The molecule has 2 aromatic carbocycles. The molecule has 1 aliphatic heterocycles. The Morgan fingerprint density at radius 2 is 1.90 bits per heavy atom. The first-order valence-corrected chi connectivity index (χ1v) is 10.9. The number of para-hydroxylation sites is 1. The summed E-state index contributed by atoms with van der Waals surface area (Å²) in [7, 11) is -2.55. The number of hydrogen-bond donors (Lipinski definition) is 0. The standard InChI is InChI=1S/C20H22N2O6S/c1-27-15-11-9-14(10-12-15)13-21(17-6-4-7-18-20(17)28-18)29(25,26)19-8-3-2-5-16(19)22(23)24/h2-3,5,8-12,17-18,20H,4,6-7,13H2,1H3/t17-,18-,20+/m1/s1. The Balaban J connectivity index is 1.74. The minimum absolute atomic E-state index is 0.0769. The zero-order valence-corrected chi connectivity index (χ0v) is 16.7. The third-order valence-electron chi connectivity index (χ3n) is 5.51. The average molecular weight is 418 g/mol. The molecule has 0 aromatic heterocycles. The van der Waals surface area contributed by atoms with Gasteiger partial charge in [-0.05, 0) is 43.0 Å². The molecule has 2 aliphatic rings. The van der Waals surface area contributed by atoms with Crippen LogP contribution in [0.2, 0.25) is 0 Å². The molecular weight excluding hydrogens is 396 g/mol. The first-order chi connectivity index (χ1) is 13.9. The maximum Gasteiger partial charge on any atom is 0.289 e. The second-order valence-electron chi connectivity index (χ2n) is 7.26. The molecule has 1 aliphatic carbocycles. The lowest BCUT2D eigenvalue weighted by Gasteiger charge is -2.31. The van der Waals surface area contributed by atoms with Gasteiger partial charge in [-0.1, -0.05) is 24.3 Å². The summed E-state index contributed by atoms with van der Waals surface area (Å²) in [5.74, 6) is 0.671. The Bertz CT molecular complexity index is 1010. The number of rotatable bonds is 7. The highest BCUT2D eigenvalue weighted by atomic mass is 32.2. The number of ether oxygens (including phenoxy) is 2. The fourth-order valence-electron chi connectivity index (χ4n) is 3.97. The van der Waals surface area contributed by atoms with E-state index in [0.717, 1.165) is 18.4 Å². The summed E-state index contributed by atoms with van der Waals surface area (Å²) < 4.78 is 39.4. The van der Waals surface area contributed by atoms with Crippen molar-refractivity contribution >= 4 is 15.7 Å². The minimum atomic E-state index is -4.12. The number of sulfonamides is 1. The van der Waals surface area contributed by atoms with Gasteiger partial charge in [-0.3, -0.25) is 10.1 Å². The molecule has 0 spiro atoms. The number of nitrogens with zero attached hydrogens (tertiary/aromatic N) is 2. The molecule has 9 heteroatoms. The van der Waals surface area contributed by atoms with Crippen LogP contribution < -0.4 is 4.74 Å². The largest absolute Gasteiger partial charge is 0.497 e. The molecule has 154 valence electrons. The SMILES string of the molecule is COc1ccc(CN([C@@H]2CCC[C@H]3O[C@@H]23)S(=O)(=O)c2ccccc2[N+](=O)[O-])cc1. The van der Waals surface area contributed by atoms with Crippen LogP contribution >= 0.6 is 0 Å². The van der Waals surface area contributed by atoms with Gasteiger partial charge in [0.15, 0.2) is 4.90 Å². The summed E-state index contributed by atoms with van der Waals surface area (Å²) in [6.07, 6.45) is 2.37. The van der Waals surface area contributed by atoms with Crippen LogP contribution in [0.25, 0.3) is 0 Å². The van der Waals surface area contributed by atoms with Gasteiger partial charge in [0.1, 0.15) is 11.9 Å². The third-order valence-corrected chi connectivity index (χ3v) is 7.42. The van der Waals surface area contributed by atoms with Gasteiger partial charge in [0.2, 0.25) is 0 Å². The van der Waals surface area contributed by atoms with E-state index in [0.29, 0.717) is 12.2 Å². The molecule has 1 saturated heterocycles. The molecule has 1 saturated carbocycles. The minimum Gasteiger partial charge on any atom is -0.497 e. The maximum absolute atomic E-state index is 13.6. The Kier molecular flexibility index (Phi) is 5.28. The van der Waals surface area contributed by atoms with Crippen molar-refractivity contribution in [2.45, 2.75) is 49.0 Å². The fraction of sp³-hybridized carbons (Fsp3) is 0.400. The van der Waals surface area contributed by atoms with E-state index in [1.807, 2.05) is 0 Å². The normalized spacial score (nSPS) is 23.4. The summed E-state index contributed by atoms with van der Waals surface area (Å²) in [5, 5.41) is 11.5. The van der Waals surface area contributed by atoms with E-state index in [1.54, 1.807) is 31.4 Å². The number of benzene rings is 2. The van der Waals surface area contributed by atoms with Crippen LogP contribution in [-0.2, 0) is 21.3 Å². The lowest BCUT2D eigenvalue weighted by atomic mass is 9.95. The van der Waals surface area contributed by atoms with Crippen molar-refractivity contribution in [3.63, 3.8) is 0 Å². The molecule has 3 atom stereocenters. The number of methoxy groups -OCH3 is 1.